The molecule has 0 atom stereocenters. The molecule has 0 amide bonds. The van der Waals surface area contributed by atoms with Crippen LogP contribution in [-0.2, 0) is 12.0 Å². The second-order valence-electron chi connectivity index (χ2n) is 9.72. The molecule has 1 aliphatic carbocycles. The molecule has 2 aliphatic heterocycles. The standard InChI is InChI=1S/C25H31FN4O/c26-25(8-13-29(14-9-25)17-19-5-10-28-23(27)15-19)18-30-11-6-24(7-12-30)16-22(31)20-3-1-2-4-21(20)24/h1-5,10,15H,6-9,11-14,16-18H2,(H2,27,28). The normalized spacial score (nSPS) is 23.2. The minimum absolute atomic E-state index is 0.0244. The first-order valence-corrected chi connectivity index (χ1v) is 11.4. The molecule has 5 nitrogen and oxygen atoms in total. The van der Waals surface area contributed by atoms with Crippen molar-refractivity contribution in [3.8, 4) is 0 Å². The van der Waals surface area contributed by atoms with Gasteiger partial charge in [0.05, 0.1) is 0 Å². The van der Waals surface area contributed by atoms with Crippen molar-refractivity contribution in [1.82, 2.24) is 14.8 Å². The number of carbonyl (C=O) groups is 1. The number of halogens is 1. The van der Waals surface area contributed by atoms with Crippen LogP contribution in [0.5, 0.6) is 0 Å². The Kier molecular flexibility index (Phi) is 5.30. The van der Waals surface area contributed by atoms with Gasteiger partial charge in [0.1, 0.15) is 11.5 Å². The lowest BCUT2D eigenvalue weighted by atomic mass is 9.73. The zero-order chi connectivity index (χ0) is 21.5. The van der Waals surface area contributed by atoms with E-state index in [0.717, 1.165) is 56.7 Å². The predicted molar refractivity (Wildman–Crippen MR) is 120 cm³/mol. The Morgan fingerprint density at radius 1 is 1.00 bits per heavy atom. The summed E-state index contributed by atoms with van der Waals surface area (Å²) in [4.78, 5) is 21.1. The van der Waals surface area contributed by atoms with Crippen LogP contribution in [0.15, 0.2) is 42.6 Å². The highest BCUT2D eigenvalue weighted by Gasteiger charge is 2.46. The molecule has 5 rings (SSSR count). The van der Waals surface area contributed by atoms with Crippen LogP contribution >= 0.6 is 0 Å². The van der Waals surface area contributed by atoms with Gasteiger partial charge >= 0.3 is 0 Å². The molecule has 6 heteroatoms. The first-order chi connectivity index (χ1) is 14.9. The number of fused-ring (bicyclic) bond motifs is 2. The number of nitrogen functional groups attached to an aromatic ring is 1. The number of hydrogen-bond donors (Lipinski definition) is 1. The van der Waals surface area contributed by atoms with Crippen molar-refractivity contribution >= 4 is 11.6 Å². The molecule has 1 aromatic heterocycles. The number of pyridine rings is 1. The van der Waals surface area contributed by atoms with Gasteiger partial charge in [-0.25, -0.2) is 9.37 Å². The lowest BCUT2D eigenvalue weighted by Crippen LogP contribution is -2.51. The molecule has 0 unspecified atom stereocenters. The fourth-order valence-corrected chi connectivity index (χ4v) is 5.79. The van der Waals surface area contributed by atoms with Crippen LogP contribution in [0.25, 0.3) is 0 Å². The zero-order valence-electron chi connectivity index (χ0n) is 18.0. The van der Waals surface area contributed by atoms with Crippen LogP contribution in [-0.4, -0.2) is 59.0 Å². The maximum atomic E-state index is 15.7. The summed E-state index contributed by atoms with van der Waals surface area (Å²) in [6, 6.07) is 11.9. The van der Waals surface area contributed by atoms with Crippen LogP contribution in [0.2, 0.25) is 0 Å². The van der Waals surface area contributed by atoms with Gasteiger partial charge < -0.3 is 10.6 Å². The summed E-state index contributed by atoms with van der Waals surface area (Å²) in [5.41, 5.74) is 7.88. The third-order valence-electron chi connectivity index (χ3n) is 7.62. The minimum atomic E-state index is -1.12. The largest absolute Gasteiger partial charge is 0.384 e. The average molecular weight is 423 g/mol. The molecule has 0 saturated carbocycles. The number of aromatic nitrogens is 1. The molecule has 2 aromatic rings. The van der Waals surface area contributed by atoms with Gasteiger partial charge in [-0.3, -0.25) is 9.69 Å². The van der Waals surface area contributed by atoms with Gasteiger partial charge in [0.25, 0.3) is 0 Å². The Morgan fingerprint density at radius 3 is 2.45 bits per heavy atom. The van der Waals surface area contributed by atoms with Crippen LogP contribution < -0.4 is 5.73 Å². The summed E-state index contributed by atoms with van der Waals surface area (Å²) in [6.07, 6.45) is 5.37. The molecule has 164 valence electrons. The molecular weight excluding hydrogens is 391 g/mol. The van der Waals surface area contributed by atoms with E-state index in [-0.39, 0.29) is 11.2 Å². The van der Waals surface area contributed by atoms with Crippen molar-refractivity contribution in [2.45, 2.75) is 49.7 Å². The van der Waals surface area contributed by atoms with E-state index in [1.54, 1.807) is 6.20 Å². The molecule has 2 fully saturated rings. The Morgan fingerprint density at radius 2 is 1.71 bits per heavy atom. The highest BCUT2D eigenvalue weighted by Crippen LogP contribution is 2.46. The number of nitrogens with zero attached hydrogens (tertiary/aromatic N) is 3. The van der Waals surface area contributed by atoms with E-state index < -0.39 is 5.67 Å². The van der Waals surface area contributed by atoms with Gasteiger partial charge in [0, 0.05) is 49.8 Å². The van der Waals surface area contributed by atoms with Gasteiger partial charge in [-0.1, -0.05) is 24.3 Å². The van der Waals surface area contributed by atoms with Gasteiger partial charge in [-0.15, -0.1) is 0 Å². The molecule has 0 radical (unpaired) electrons. The van der Waals surface area contributed by atoms with Crippen molar-refractivity contribution in [3.05, 3.63) is 59.3 Å². The minimum Gasteiger partial charge on any atom is -0.384 e. The molecule has 1 spiro atoms. The van der Waals surface area contributed by atoms with Crippen LogP contribution in [0, 0.1) is 0 Å². The first-order valence-electron chi connectivity index (χ1n) is 11.4. The highest BCUT2D eigenvalue weighted by atomic mass is 19.1. The zero-order valence-corrected chi connectivity index (χ0v) is 18.0. The summed E-state index contributed by atoms with van der Waals surface area (Å²) in [6.45, 7) is 4.56. The average Bonchev–Trinajstić information content (AvgIpc) is 3.04. The van der Waals surface area contributed by atoms with Crippen LogP contribution in [0.4, 0.5) is 10.2 Å². The number of anilines is 1. The smallest absolute Gasteiger partial charge is 0.164 e. The fourth-order valence-electron chi connectivity index (χ4n) is 5.79. The van der Waals surface area contributed by atoms with E-state index in [4.69, 9.17) is 5.73 Å². The van der Waals surface area contributed by atoms with Crippen LogP contribution in [0.1, 0.15) is 53.6 Å². The number of nitrogens with two attached hydrogens (primary N) is 1. The second kappa shape index (κ2) is 7.99. The molecule has 3 heterocycles. The summed E-state index contributed by atoms with van der Waals surface area (Å²) < 4.78 is 15.7. The third-order valence-corrected chi connectivity index (χ3v) is 7.62. The van der Waals surface area contributed by atoms with Crippen molar-refractivity contribution in [2.75, 3.05) is 38.5 Å². The quantitative estimate of drug-likeness (QED) is 0.816. The molecule has 1 aromatic carbocycles. The monoisotopic (exact) mass is 422 g/mol. The van der Waals surface area contributed by atoms with Gasteiger partial charge in [-0.05, 0) is 62.0 Å². The fraction of sp³-hybridized carbons (Fsp3) is 0.520. The SMILES string of the molecule is Nc1cc(CN2CCC(F)(CN3CCC4(CC3)CC(=O)c3ccccc34)CC2)ccn1. The Labute approximate surface area is 183 Å². The van der Waals surface area contributed by atoms with Crippen LogP contribution in [0.3, 0.4) is 0 Å². The summed E-state index contributed by atoms with van der Waals surface area (Å²) >= 11 is 0. The number of piperidine rings is 2. The molecular formula is C25H31FN4O. The Balaban J connectivity index is 1.15. The van der Waals surface area contributed by atoms with E-state index in [1.165, 1.54) is 5.56 Å². The molecule has 2 saturated heterocycles. The van der Waals surface area contributed by atoms with Gasteiger partial charge in [-0.2, -0.15) is 0 Å². The predicted octanol–water partition coefficient (Wildman–Crippen LogP) is 3.59. The molecule has 2 N–H and O–H groups in total. The van der Waals surface area contributed by atoms with E-state index >= 15 is 4.39 Å². The van der Waals surface area contributed by atoms with E-state index in [9.17, 15) is 4.79 Å². The van der Waals surface area contributed by atoms with Crippen molar-refractivity contribution < 1.29 is 9.18 Å². The number of carbonyl (C=O) groups excluding carboxylic acids is 1. The van der Waals surface area contributed by atoms with E-state index in [1.807, 2.05) is 30.3 Å². The van der Waals surface area contributed by atoms with Gasteiger partial charge in [0.15, 0.2) is 5.78 Å². The highest BCUT2D eigenvalue weighted by molar-refractivity contribution is 6.02. The summed E-state index contributed by atoms with van der Waals surface area (Å²) in [7, 11) is 0. The number of likely N-dealkylation sites (tertiary alicyclic amines) is 2. The number of rotatable bonds is 4. The Hall–Kier alpha value is -2.31. The third kappa shape index (κ3) is 4.11. The summed E-state index contributed by atoms with van der Waals surface area (Å²) in [5, 5.41) is 0. The molecule has 31 heavy (non-hydrogen) atoms. The van der Waals surface area contributed by atoms with Crippen molar-refractivity contribution in [2.24, 2.45) is 0 Å². The number of benzene rings is 1. The molecule has 0 bridgehead atoms. The number of hydrogen-bond acceptors (Lipinski definition) is 5. The maximum Gasteiger partial charge on any atom is 0.164 e. The van der Waals surface area contributed by atoms with E-state index in [0.29, 0.717) is 31.6 Å². The first kappa shape index (κ1) is 20.6. The van der Waals surface area contributed by atoms with Crippen molar-refractivity contribution in [3.63, 3.8) is 0 Å². The molecule has 3 aliphatic rings. The number of alkyl halides is 1. The second-order valence-corrected chi connectivity index (χ2v) is 9.72. The number of ketones is 1. The topological polar surface area (TPSA) is 62.5 Å². The lowest BCUT2D eigenvalue weighted by Gasteiger charge is -2.44. The van der Waals surface area contributed by atoms with Crippen molar-refractivity contribution in [1.29, 1.82) is 0 Å². The van der Waals surface area contributed by atoms with Gasteiger partial charge in [0.2, 0.25) is 0 Å². The lowest BCUT2D eigenvalue weighted by molar-refractivity contribution is 0.0102. The Bertz CT molecular complexity index is 961. The number of Topliss-reactive ketones (excluding diaryl/α,β-unsaturated/α-hetero) is 1. The summed E-state index contributed by atoms with van der Waals surface area (Å²) in [5.74, 6) is 0.804. The van der Waals surface area contributed by atoms with E-state index in [2.05, 4.69) is 20.9 Å². The maximum absolute atomic E-state index is 15.7.